The highest BCUT2D eigenvalue weighted by atomic mass is 16.3. The Morgan fingerprint density at radius 3 is 2.19 bits per heavy atom. The van der Waals surface area contributed by atoms with Gasteiger partial charge >= 0.3 is 0 Å². The van der Waals surface area contributed by atoms with Gasteiger partial charge in [-0.3, -0.25) is 4.90 Å². The lowest BCUT2D eigenvalue weighted by Gasteiger charge is -2.30. The molecule has 2 aromatic rings. The number of rotatable bonds is 6. The quantitative estimate of drug-likeness (QED) is 0.840. The second kappa shape index (κ2) is 8.34. The fourth-order valence-electron chi connectivity index (χ4n) is 4.41. The van der Waals surface area contributed by atoms with Crippen LogP contribution in [0, 0.1) is 5.92 Å². The van der Waals surface area contributed by atoms with E-state index in [-0.39, 0.29) is 6.10 Å². The minimum atomic E-state index is -0.0984. The third-order valence-corrected chi connectivity index (χ3v) is 5.95. The topological polar surface area (TPSA) is 35.5 Å². The maximum Gasteiger partial charge on any atom is 0.0564 e. The molecule has 4 rings (SSSR count). The number of aliphatic hydroxyl groups is 1. The van der Waals surface area contributed by atoms with Gasteiger partial charge in [0, 0.05) is 26.2 Å². The number of fused-ring (bicyclic) bond motifs is 1. The molecule has 3 nitrogen and oxygen atoms in total. The SMILES string of the molecule is OC1CCN(Cc2ccccc2CNCC2Cc3ccccc3C2)CC1. The van der Waals surface area contributed by atoms with Gasteiger partial charge < -0.3 is 10.4 Å². The molecule has 26 heavy (non-hydrogen) atoms. The van der Waals surface area contributed by atoms with Gasteiger partial charge in [-0.05, 0) is 60.4 Å². The number of aliphatic hydroxyl groups excluding tert-OH is 1. The summed E-state index contributed by atoms with van der Waals surface area (Å²) in [5, 5.41) is 13.4. The molecule has 3 heteroatoms. The Morgan fingerprint density at radius 2 is 1.50 bits per heavy atom. The number of nitrogens with zero attached hydrogens (tertiary/aromatic N) is 1. The highest BCUT2D eigenvalue weighted by Crippen LogP contribution is 2.26. The minimum absolute atomic E-state index is 0.0984. The van der Waals surface area contributed by atoms with Crippen molar-refractivity contribution in [2.24, 2.45) is 5.92 Å². The highest BCUT2D eigenvalue weighted by Gasteiger charge is 2.21. The van der Waals surface area contributed by atoms with Crippen molar-refractivity contribution < 1.29 is 5.11 Å². The van der Waals surface area contributed by atoms with Crippen molar-refractivity contribution >= 4 is 0 Å². The van der Waals surface area contributed by atoms with Gasteiger partial charge in [-0.1, -0.05) is 48.5 Å². The number of likely N-dealkylation sites (tertiary alicyclic amines) is 1. The first kappa shape index (κ1) is 17.7. The van der Waals surface area contributed by atoms with E-state index in [1.54, 1.807) is 0 Å². The van der Waals surface area contributed by atoms with Gasteiger partial charge in [0.15, 0.2) is 0 Å². The number of piperidine rings is 1. The van der Waals surface area contributed by atoms with Crippen LogP contribution in [0.4, 0.5) is 0 Å². The molecular formula is C23H30N2O. The minimum Gasteiger partial charge on any atom is -0.393 e. The summed E-state index contributed by atoms with van der Waals surface area (Å²) in [4.78, 5) is 2.47. The van der Waals surface area contributed by atoms with Gasteiger partial charge in [-0.2, -0.15) is 0 Å². The molecule has 0 radical (unpaired) electrons. The van der Waals surface area contributed by atoms with Crippen LogP contribution in [-0.2, 0) is 25.9 Å². The first-order valence-corrected chi connectivity index (χ1v) is 10.0. The van der Waals surface area contributed by atoms with Crippen LogP contribution < -0.4 is 5.32 Å². The second-order valence-corrected chi connectivity index (χ2v) is 7.95. The largest absolute Gasteiger partial charge is 0.393 e. The molecule has 0 unspecified atom stereocenters. The van der Waals surface area contributed by atoms with Gasteiger partial charge in [0.05, 0.1) is 6.10 Å². The van der Waals surface area contributed by atoms with Gasteiger partial charge in [-0.15, -0.1) is 0 Å². The van der Waals surface area contributed by atoms with Crippen LogP contribution in [-0.4, -0.2) is 35.7 Å². The lowest BCUT2D eigenvalue weighted by Crippen LogP contribution is -2.35. The molecule has 0 saturated carbocycles. The molecule has 1 saturated heterocycles. The molecule has 0 atom stereocenters. The monoisotopic (exact) mass is 350 g/mol. The summed E-state index contributed by atoms with van der Waals surface area (Å²) in [6.45, 7) is 5.03. The van der Waals surface area contributed by atoms with Crippen LogP contribution >= 0.6 is 0 Å². The Kier molecular flexibility index (Phi) is 5.68. The van der Waals surface area contributed by atoms with E-state index in [0.717, 1.165) is 51.5 Å². The summed E-state index contributed by atoms with van der Waals surface area (Å²) in [5.41, 5.74) is 5.90. The molecule has 1 aliphatic heterocycles. The predicted molar refractivity (Wildman–Crippen MR) is 106 cm³/mol. The first-order chi connectivity index (χ1) is 12.8. The molecule has 1 aliphatic carbocycles. The zero-order chi connectivity index (χ0) is 17.8. The molecule has 0 spiro atoms. The Bertz CT molecular complexity index is 697. The maximum atomic E-state index is 9.70. The van der Waals surface area contributed by atoms with E-state index in [2.05, 4.69) is 58.7 Å². The Morgan fingerprint density at radius 1 is 0.885 bits per heavy atom. The molecule has 2 aliphatic rings. The summed E-state index contributed by atoms with van der Waals surface area (Å²) in [5.74, 6) is 0.725. The molecule has 1 heterocycles. The second-order valence-electron chi connectivity index (χ2n) is 7.95. The van der Waals surface area contributed by atoms with Gasteiger partial charge in [-0.25, -0.2) is 0 Å². The van der Waals surface area contributed by atoms with E-state index in [9.17, 15) is 5.11 Å². The number of benzene rings is 2. The summed E-state index contributed by atoms with van der Waals surface area (Å²) >= 11 is 0. The summed E-state index contributed by atoms with van der Waals surface area (Å²) in [7, 11) is 0. The van der Waals surface area contributed by atoms with Crippen molar-refractivity contribution in [3.63, 3.8) is 0 Å². The van der Waals surface area contributed by atoms with Gasteiger partial charge in [0.25, 0.3) is 0 Å². The van der Waals surface area contributed by atoms with Crippen molar-refractivity contribution in [1.29, 1.82) is 0 Å². The van der Waals surface area contributed by atoms with Gasteiger partial charge in [0.1, 0.15) is 0 Å². The summed E-state index contributed by atoms with van der Waals surface area (Å²) in [6, 6.07) is 17.7. The lowest BCUT2D eigenvalue weighted by atomic mass is 10.0. The molecule has 0 aromatic heterocycles. The molecular weight excluding hydrogens is 320 g/mol. The summed E-state index contributed by atoms with van der Waals surface area (Å²) in [6.07, 6.45) is 4.13. The highest BCUT2D eigenvalue weighted by molar-refractivity contribution is 5.32. The maximum absolute atomic E-state index is 9.70. The zero-order valence-electron chi connectivity index (χ0n) is 15.5. The molecule has 1 fully saturated rings. The van der Waals surface area contributed by atoms with E-state index in [0.29, 0.717) is 0 Å². The fraction of sp³-hybridized carbons (Fsp3) is 0.478. The third kappa shape index (κ3) is 4.35. The number of hydrogen-bond acceptors (Lipinski definition) is 3. The van der Waals surface area contributed by atoms with Crippen molar-refractivity contribution in [2.75, 3.05) is 19.6 Å². The predicted octanol–water partition coefficient (Wildman–Crippen LogP) is 3.15. The van der Waals surface area contributed by atoms with Crippen LogP contribution in [0.2, 0.25) is 0 Å². The average Bonchev–Trinajstić information content (AvgIpc) is 3.08. The van der Waals surface area contributed by atoms with E-state index >= 15 is 0 Å². The fourth-order valence-corrected chi connectivity index (χ4v) is 4.41. The first-order valence-electron chi connectivity index (χ1n) is 10.0. The third-order valence-electron chi connectivity index (χ3n) is 5.95. The molecule has 138 valence electrons. The average molecular weight is 351 g/mol. The van der Waals surface area contributed by atoms with Crippen LogP contribution in [0.1, 0.15) is 35.1 Å². The van der Waals surface area contributed by atoms with Crippen molar-refractivity contribution in [1.82, 2.24) is 10.2 Å². The van der Waals surface area contributed by atoms with Crippen molar-refractivity contribution in [3.8, 4) is 0 Å². The zero-order valence-corrected chi connectivity index (χ0v) is 15.5. The van der Waals surface area contributed by atoms with Crippen molar-refractivity contribution in [3.05, 3.63) is 70.8 Å². The Labute approximate surface area is 157 Å². The van der Waals surface area contributed by atoms with Gasteiger partial charge in [0.2, 0.25) is 0 Å². The van der Waals surface area contributed by atoms with Crippen molar-refractivity contribution in [2.45, 2.75) is 44.9 Å². The standard InChI is InChI=1S/C23H30N2O/c26-23-9-11-25(12-10-23)17-22-8-4-3-7-21(22)16-24-15-18-13-19-5-1-2-6-20(19)14-18/h1-8,18,23-24,26H,9-17H2. The smallest absolute Gasteiger partial charge is 0.0564 e. The molecule has 0 bridgehead atoms. The van der Waals surface area contributed by atoms with E-state index in [1.807, 2.05) is 0 Å². The number of hydrogen-bond donors (Lipinski definition) is 2. The van der Waals surface area contributed by atoms with Crippen LogP contribution in [0.15, 0.2) is 48.5 Å². The summed E-state index contributed by atoms with van der Waals surface area (Å²) < 4.78 is 0. The normalized spacial score (nSPS) is 19.0. The molecule has 2 aromatic carbocycles. The van der Waals surface area contributed by atoms with E-state index in [1.165, 1.54) is 35.1 Å². The van der Waals surface area contributed by atoms with Crippen LogP contribution in [0.5, 0.6) is 0 Å². The van der Waals surface area contributed by atoms with Crippen LogP contribution in [0.25, 0.3) is 0 Å². The number of nitrogens with one attached hydrogen (secondary N) is 1. The lowest BCUT2D eigenvalue weighted by molar-refractivity contribution is 0.0791. The van der Waals surface area contributed by atoms with E-state index < -0.39 is 0 Å². The Balaban J connectivity index is 1.29. The van der Waals surface area contributed by atoms with E-state index in [4.69, 9.17) is 0 Å². The molecule has 2 N–H and O–H groups in total. The Hall–Kier alpha value is -1.68. The molecule has 0 amide bonds. The van der Waals surface area contributed by atoms with Crippen LogP contribution in [0.3, 0.4) is 0 Å².